The number of halogens is 1. The molecule has 3 rings (SSSR count). The lowest BCUT2D eigenvalue weighted by molar-refractivity contribution is 0.228. The highest BCUT2D eigenvalue weighted by molar-refractivity contribution is 7.09. The molecule has 0 spiro atoms. The monoisotopic (exact) mass is 363 g/mol. The average Bonchev–Trinajstić information content (AvgIpc) is 3.13. The van der Waals surface area contributed by atoms with Crippen LogP contribution < -0.4 is 10.2 Å². The first-order valence-corrected chi connectivity index (χ1v) is 9.51. The van der Waals surface area contributed by atoms with Crippen molar-refractivity contribution in [2.45, 2.75) is 38.6 Å². The normalized spacial score (nSPS) is 21.0. The van der Waals surface area contributed by atoms with Gasteiger partial charge in [0.05, 0.1) is 10.7 Å². The maximum atomic E-state index is 13.9. The van der Waals surface area contributed by atoms with Crippen molar-refractivity contribution in [2.75, 3.05) is 32.1 Å². The van der Waals surface area contributed by atoms with Crippen LogP contribution >= 0.6 is 11.3 Å². The van der Waals surface area contributed by atoms with Crippen LogP contribution in [-0.2, 0) is 13.1 Å². The maximum Gasteiger partial charge on any atom is 0.114 e. The largest absolute Gasteiger partial charge is 0.377 e. The topological polar surface area (TPSA) is 44.3 Å². The van der Waals surface area contributed by atoms with E-state index in [-0.39, 0.29) is 6.04 Å². The zero-order valence-electron chi connectivity index (χ0n) is 15.1. The Morgan fingerprint density at radius 2 is 2.28 bits per heavy atom. The number of rotatable bonds is 7. The third-order valence-corrected chi connectivity index (χ3v) is 5.39. The fourth-order valence-corrected chi connectivity index (χ4v) is 3.99. The van der Waals surface area contributed by atoms with Crippen LogP contribution in [-0.4, -0.2) is 54.3 Å². The molecule has 3 heterocycles. The van der Waals surface area contributed by atoms with E-state index in [4.69, 9.17) is 0 Å². The van der Waals surface area contributed by atoms with Gasteiger partial charge in [-0.15, -0.1) is 11.3 Å². The van der Waals surface area contributed by atoms with E-state index in [1.807, 2.05) is 33.3 Å². The van der Waals surface area contributed by atoms with Crippen molar-refractivity contribution in [3.05, 3.63) is 40.1 Å². The van der Waals surface area contributed by atoms with Crippen LogP contribution in [0.5, 0.6) is 0 Å². The number of anilines is 1. The van der Waals surface area contributed by atoms with Gasteiger partial charge in [0, 0.05) is 75.3 Å². The standard InChI is InChI=1S/C18H26FN5S/c1-13-22-16(12-25-13)11-24-10-15(19)6-17(24)9-21-8-14-7-20-5-4-18(14)23(2)3/h4-5,7,12,15,17,21H,6,8-11H2,1-3H3/t15-,17-/m0/s1. The molecule has 0 amide bonds. The average molecular weight is 364 g/mol. The van der Waals surface area contributed by atoms with Gasteiger partial charge in [0.15, 0.2) is 0 Å². The lowest BCUT2D eigenvalue weighted by Gasteiger charge is -2.24. The number of thiazole rings is 1. The Labute approximate surface area is 152 Å². The summed E-state index contributed by atoms with van der Waals surface area (Å²) >= 11 is 1.65. The molecule has 25 heavy (non-hydrogen) atoms. The Kier molecular flexibility index (Phi) is 5.98. The van der Waals surface area contributed by atoms with Crippen molar-refractivity contribution in [1.29, 1.82) is 0 Å². The number of nitrogens with zero attached hydrogens (tertiary/aromatic N) is 4. The molecule has 7 heteroatoms. The molecule has 0 unspecified atom stereocenters. The highest BCUT2D eigenvalue weighted by atomic mass is 32.1. The van der Waals surface area contributed by atoms with Gasteiger partial charge in [0.1, 0.15) is 6.17 Å². The summed E-state index contributed by atoms with van der Waals surface area (Å²) in [5.41, 5.74) is 3.36. The molecule has 0 bridgehead atoms. The Bertz CT molecular complexity index is 690. The molecule has 0 aliphatic carbocycles. The number of likely N-dealkylation sites (tertiary alicyclic amines) is 1. The third-order valence-electron chi connectivity index (χ3n) is 4.56. The summed E-state index contributed by atoms with van der Waals surface area (Å²) in [6, 6.07) is 2.22. The van der Waals surface area contributed by atoms with Gasteiger partial charge in [-0.3, -0.25) is 9.88 Å². The van der Waals surface area contributed by atoms with Crippen molar-refractivity contribution in [1.82, 2.24) is 20.2 Å². The molecule has 0 saturated carbocycles. The lowest BCUT2D eigenvalue weighted by Crippen LogP contribution is -2.37. The van der Waals surface area contributed by atoms with Crippen molar-refractivity contribution >= 4 is 17.0 Å². The van der Waals surface area contributed by atoms with Crippen LogP contribution in [0.1, 0.15) is 22.7 Å². The first-order chi connectivity index (χ1) is 12.0. The van der Waals surface area contributed by atoms with E-state index in [1.165, 1.54) is 0 Å². The number of nitrogens with one attached hydrogen (secondary N) is 1. The van der Waals surface area contributed by atoms with Gasteiger partial charge < -0.3 is 10.2 Å². The van der Waals surface area contributed by atoms with Crippen LogP contribution in [0, 0.1) is 6.92 Å². The second-order valence-electron chi connectivity index (χ2n) is 6.80. The van der Waals surface area contributed by atoms with E-state index < -0.39 is 6.17 Å². The first-order valence-electron chi connectivity index (χ1n) is 8.63. The number of alkyl halides is 1. The van der Waals surface area contributed by atoms with Crippen LogP contribution in [0.2, 0.25) is 0 Å². The number of hydrogen-bond donors (Lipinski definition) is 1. The second kappa shape index (κ2) is 8.21. The molecular weight excluding hydrogens is 337 g/mol. The quantitative estimate of drug-likeness (QED) is 0.819. The Balaban J connectivity index is 1.56. The van der Waals surface area contributed by atoms with E-state index in [0.29, 0.717) is 13.0 Å². The number of pyridine rings is 1. The SMILES string of the molecule is Cc1nc(CN2C[C@@H](F)C[C@H]2CNCc2cnccc2N(C)C)cs1. The molecule has 1 saturated heterocycles. The summed E-state index contributed by atoms with van der Waals surface area (Å²) < 4.78 is 13.9. The molecule has 1 aliphatic rings. The van der Waals surface area contributed by atoms with Crippen LogP contribution in [0.25, 0.3) is 0 Å². The molecule has 2 atom stereocenters. The van der Waals surface area contributed by atoms with Gasteiger partial charge >= 0.3 is 0 Å². The Morgan fingerprint density at radius 1 is 1.44 bits per heavy atom. The summed E-state index contributed by atoms with van der Waals surface area (Å²) in [5.74, 6) is 0. The maximum absolute atomic E-state index is 13.9. The van der Waals surface area contributed by atoms with E-state index in [9.17, 15) is 4.39 Å². The highest BCUT2D eigenvalue weighted by Crippen LogP contribution is 2.23. The van der Waals surface area contributed by atoms with Crippen molar-refractivity contribution < 1.29 is 4.39 Å². The van der Waals surface area contributed by atoms with Gasteiger partial charge in [0.2, 0.25) is 0 Å². The fraction of sp³-hybridized carbons (Fsp3) is 0.556. The molecule has 0 aromatic carbocycles. The molecule has 5 nitrogen and oxygen atoms in total. The molecule has 2 aromatic heterocycles. The number of aromatic nitrogens is 2. The van der Waals surface area contributed by atoms with Gasteiger partial charge in [-0.25, -0.2) is 9.37 Å². The molecule has 136 valence electrons. The van der Waals surface area contributed by atoms with Gasteiger partial charge in [-0.2, -0.15) is 0 Å². The second-order valence-corrected chi connectivity index (χ2v) is 7.87. The lowest BCUT2D eigenvalue weighted by atomic mass is 10.2. The summed E-state index contributed by atoms with van der Waals surface area (Å²) in [6.07, 6.45) is 3.54. The first kappa shape index (κ1) is 18.2. The molecule has 0 radical (unpaired) electrons. The Morgan fingerprint density at radius 3 is 3.00 bits per heavy atom. The Hall–Kier alpha value is -1.57. The highest BCUT2D eigenvalue weighted by Gasteiger charge is 2.32. The van der Waals surface area contributed by atoms with Crippen molar-refractivity contribution in [3.63, 3.8) is 0 Å². The van der Waals surface area contributed by atoms with Gasteiger partial charge in [0.25, 0.3) is 0 Å². The fourth-order valence-electron chi connectivity index (χ4n) is 3.38. The van der Waals surface area contributed by atoms with E-state index in [0.717, 1.165) is 41.6 Å². The molecular formula is C18H26FN5S. The molecule has 2 aromatic rings. The molecule has 1 fully saturated rings. The minimum Gasteiger partial charge on any atom is -0.377 e. The zero-order valence-corrected chi connectivity index (χ0v) is 15.9. The van der Waals surface area contributed by atoms with E-state index >= 15 is 0 Å². The predicted molar refractivity (Wildman–Crippen MR) is 101 cm³/mol. The van der Waals surface area contributed by atoms with E-state index in [1.54, 1.807) is 17.5 Å². The van der Waals surface area contributed by atoms with Crippen LogP contribution in [0.15, 0.2) is 23.8 Å². The minimum atomic E-state index is -0.748. The summed E-state index contributed by atoms with van der Waals surface area (Å²) in [4.78, 5) is 13.0. The van der Waals surface area contributed by atoms with Gasteiger partial charge in [-0.1, -0.05) is 0 Å². The summed E-state index contributed by atoms with van der Waals surface area (Å²) in [5, 5.41) is 6.62. The van der Waals surface area contributed by atoms with Crippen LogP contribution in [0.3, 0.4) is 0 Å². The van der Waals surface area contributed by atoms with E-state index in [2.05, 4.69) is 30.5 Å². The third kappa shape index (κ3) is 4.74. The zero-order chi connectivity index (χ0) is 17.8. The van der Waals surface area contributed by atoms with Gasteiger partial charge in [-0.05, 0) is 19.4 Å². The molecule has 1 N–H and O–H groups in total. The van der Waals surface area contributed by atoms with Crippen LogP contribution in [0.4, 0.5) is 10.1 Å². The summed E-state index contributed by atoms with van der Waals surface area (Å²) in [6.45, 7) is 4.74. The predicted octanol–water partition coefficient (Wildman–Crippen LogP) is 2.61. The van der Waals surface area contributed by atoms with Crippen molar-refractivity contribution in [3.8, 4) is 0 Å². The summed E-state index contributed by atoms with van der Waals surface area (Å²) in [7, 11) is 4.06. The smallest absolute Gasteiger partial charge is 0.114 e. The minimum absolute atomic E-state index is 0.205. The number of hydrogen-bond acceptors (Lipinski definition) is 6. The molecule has 1 aliphatic heterocycles. The number of aryl methyl sites for hydroxylation is 1. The van der Waals surface area contributed by atoms with Crippen molar-refractivity contribution in [2.24, 2.45) is 0 Å².